The predicted molar refractivity (Wildman–Crippen MR) is 144 cm³/mol. The summed E-state index contributed by atoms with van der Waals surface area (Å²) in [5.41, 5.74) is 12.4. The summed E-state index contributed by atoms with van der Waals surface area (Å²) in [6, 6.07) is 13.4. The van der Waals surface area contributed by atoms with E-state index in [1.54, 1.807) is 11.1 Å². The molecule has 2 aromatic carbocycles. The van der Waals surface area contributed by atoms with E-state index in [9.17, 15) is 0 Å². The van der Waals surface area contributed by atoms with Crippen molar-refractivity contribution < 1.29 is 14.2 Å². The van der Waals surface area contributed by atoms with E-state index < -0.39 is 0 Å². The summed E-state index contributed by atoms with van der Waals surface area (Å²) < 4.78 is 20.3. The van der Waals surface area contributed by atoms with Crippen molar-refractivity contribution >= 4 is 5.69 Å². The fourth-order valence-corrected chi connectivity index (χ4v) is 9.89. The summed E-state index contributed by atoms with van der Waals surface area (Å²) in [7, 11) is 1.93. The first kappa shape index (κ1) is 22.9. The molecule has 2 aromatic rings. The smallest absolute Gasteiger partial charge is 0.138 e. The Hall–Kier alpha value is -2.08. The van der Waals surface area contributed by atoms with E-state index in [1.807, 2.05) is 25.3 Å². The molecule has 0 radical (unpaired) electrons. The summed E-state index contributed by atoms with van der Waals surface area (Å²) in [6.07, 6.45) is 8.77. The van der Waals surface area contributed by atoms with Crippen LogP contribution in [0.2, 0.25) is 0 Å². The fraction of sp³-hybridized carbons (Fsp3) is 0.625. The normalized spacial score (nSPS) is 38.9. The maximum atomic E-state index is 7.16. The Labute approximate surface area is 220 Å². The first-order valence-electron chi connectivity index (χ1n) is 14.5. The van der Waals surface area contributed by atoms with Gasteiger partial charge in [0.2, 0.25) is 0 Å². The van der Waals surface area contributed by atoms with E-state index >= 15 is 0 Å². The van der Waals surface area contributed by atoms with Gasteiger partial charge in [-0.1, -0.05) is 24.3 Å². The van der Waals surface area contributed by atoms with Crippen LogP contribution < -0.4 is 10.5 Å². The van der Waals surface area contributed by atoms with Crippen molar-refractivity contribution in [3.63, 3.8) is 0 Å². The summed E-state index contributed by atoms with van der Waals surface area (Å²) in [4.78, 5) is 2.91. The molecule has 0 amide bonds. The van der Waals surface area contributed by atoms with Crippen molar-refractivity contribution in [3.8, 4) is 5.75 Å². The third-order valence-electron chi connectivity index (χ3n) is 11.6. The first-order valence-corrected chi connectivity index (χ1v) is 14.5. The van der Waals surface area contributed by atoms with Crippen molar-refractivity contribution in [2.45, 2.75) is 81.6 Å². The lowest BCUT2D eigenvalue weighted by atomic mass is 9.35. The summed E-state index contributed by atoms with van der Waals surface area (Å²) in [5, 5.41) is 0. The quantitative estimate of drug-likeness (QED) is 0.541. The average Bonchev–Trinajstić information content (AvgIpc) is 3.64. The Morgan fingerprint density at radius 3 is 2.84 bits per heavy atom. The molecule has 0 aromatic heterocycles. The first-order chi connectivity index (χ1) is 18.0. The molecule has 5 nitrogen and oxygen atoms in total. The minimum Gasteiger partial charge on any atom is -0.486 e. The van der Waals surface area contributed by atoms with Crippen LogP contribution in [-0.2, 0) is 27.9 Å². The highest BCUT2D eigenvalue weighted by Crippen LogP contribution is 2.76. The number of rotatable bonds is 7. The van der Waals surface area contributed by atoms with E-state index in [1.165, 1.54) is 62.9 Å². The minimum atomic E-state index is -0.305. The number of anilines is 1. The number of methoxy groups -OCH3 is 1. The molecule has 6 atom stereocenters. The molecule has 2 unspecified atom stereocenters. The standard InChI is InChI=1S/C32H40N2O3/c1-20-6-9-23-15-26-30-10-11-32(35-2,24(16-30)19-36-18-22-4-3-5-25(33)14-22)29-31(30,27(23)28(20)37-29)12-13-34(26)17-21-7-8-21/h3-6,9,14,21,24,26,29H,7-8,10-13,15-19,33H2,1-2H3/t24-,26-,29-,30?,31+,32?/m1/s1. The highest BCUT2D eigenvalue weighted by Gasteiger charge is 2.80. The lowest BCUT2D eigenvalue weighted by Crippen LogP contribution is -2.81. The zero-order chi connectivity index (χ0) is 25.0. The number of piperidine rings is 1. The predicted octanol–water partition coefficient (Wildman–Crippen LogP) is 5.02. The highest BCUT2D eigenvalue weighted by atomic mass is 16.6. The maximum Gasteiger partial charge on any atom is 0.138 e. The molecule has 2 N–H and O–H groups in total. The molecule has 2 heterocycles. The van der Waals surface area contributed by atoms with E-state index in [0.29, 0.717) is 25.2 Å². The summed E-state index contributed by atoms with van der Waals surface area (Å²) in [6.45, 7) is 6.02. The lowest BCUT2D eigenvalue weighted by molar-refractivity contribution is -0.283. The van der Waals surface area contributed by atoms with Crippen LogP contribution in [0.5, 0.6) is 5.75 Å². The van der Waals surface area contributed by atoms with Gasteiger partial charge in [0.05, 0.1) is 13.2 Å². The SMILES string of the molecule is COC12CCC3(C[C@@H]1COCc1cccc(N)c1)[C@H]1Cc4ccc(C)c5c4[C@@]3(CCN1CC1CC1)[C@H]2O5. The van der Waals surface area contributed by atoms with Gasteiger partial charge in [0.25, 0.3) is 0 Å². The molecule has 5 fully saturated rings. The van der Waals surface area contributed by atoms with E-state index in [2.05, 4.69) is 30.0 Å². The second-order valence-electron chi connectivity index (χ2n) is 13.1. The Morgan fingerprint density at radius 1 is 1.14 bits per heavy atom. The fourth-order valence-electron chi connectivity index (χ4n) is 9.89. The molecule has 196 valence electrons. The van der Waals surface area contributed by atoms with Gasteiger partial charge in [-0.2, -0.15) is 0 Å². The van der Waals surface area contributed by atoms with Crippen molar-refractivity contribution in [1.29, 1.82) is 0 Å². The number of hydrogen-bond donors (Lipinski definition) is 1. The molecule has 7 aliphatic rings. The minimum absolute atomic E-state index is 0.0747. The molecular formula is C32H40N2O3. The molecule has 2 spiro atoms. The van der Waals surface area contributed by atoms with E-state index in [-0.39, 0.29) is 22.5 Å². The van der Waals surface area contributed by atoms with Gasteiger partial charge in [-0.25, -0.2) is 0 Å². The highest BCUT2D eigenvalue weighted by molar-refractivity contribution is 5.61. The van der Waals surface area contributed by atoms with Crippen LogP contribution in [0.15, 0.2) is 36.4 Å². The van der Waals surface area contributed by atoms with Crippen LogP contribution in [0.4, 0.5) is 5.69 Å². The molecule has 37 heavy (non-hydrogen) atoms. The summed E-state index contributed by atoms with van der Waals surface area (Å²) in [5.74, 6) is 2.43. The van der Waals surface area contributed by atoms with Gasteiger partial charge in [-0.3, -0.25) is 4.90 Å². The van der Waals surface area contributed by atoms with Crippen LogP contribution in [0.3, 0.4) is 0 Å². The Kier molecular flexibility index (Phi) is 4.78. The number of nitrogens with two attached hydrogens (primary N) is 1. The van der Waals surface area contributed by atoms with Gasteiger partial charge in [-0.15, -0.1) is 0 Å². The van der Waals surface area contributed by atoms with E-state index in [4.69, 9.17) is 19.9 Å². The third-order valence-corrected chi connectivity index (χ3v) is 11.6. The topological polar surface area (TPSA) is 57.0 Å². The molecule has 5 aliphatic carbocycles. The van der Waals surface area contributed by atoms with Crippen LogP contribution in [-0.4, -0.2) is 49.5 Å². The van der Waals surface area contributed by atoms with Crippen molar-refractivity contribution in [1.82, 2.24) is 4.90 Å². The number of nitrogen functional groups attached to an aromatic ring is 1. The van der Waals surface area contributed by atoms with Crippen LogP contribution in [0.25, 0.3) is 0 Å². The average molecular weight is 501 g/mol. The monoisotopic (exact) mass is 500 g/mol. The number of benzene rings is 2. The Balaban J connectivity index is 1.20. The summed E-state index contributed by atoms with van der Waals surface area (Å²) >= 11 is 0. The van der Waals surface area contributed by atoms with E-state index in [0.717, 1.165) is 23.6 Å². The number of ether oxygens (including phenoxy) is 3. The van der Waals surface area contributed by atoms with Gasteiger partial charge in [0.1, 0.15) is 17.5 Å². The van der Waals surface area contributed by atoms with Gasteiger partial charge < -0.3 is 19.9 Å². The van der Waals surface area contributed by atoms with Gasteiger partial charge >= 0.3 is 0 Å². The van der Waals surface area contributed by atoms with Gasteiger partial charge in [0.15, 0.2) is 0 Å². The molecule has 5 heteroatoms. The second-order valence-corrected chi connectivity index (χ2v) is 13.1. The van der Waals surface area contributed by atoms with Crippen molar-refractivity contribution in [3.05, 3.63) is 58.7 Å². The Morgan fingerprint density at radius 2 is 2.03 bits per heavy atom. The van der Waals surface area contributed by atoms with Crippen LogP contribution in [0.1, 0.15) is 60.8 Å². The van der Waals surface area contributed by atoms with Crippen LogP contribution in [0, 0.1) is 24.2 Å². The zero-order valence-corrected chi connectivity index (χ0v) is 22.3. The number of nitrogens with zero attached hydrogens (tertiary/aromatic N) is 1. The molecule has 4 bridgehead atoms. The Bertz CT molecular complexity index is 1260. The molecule has 2 aliphatic heterocycles. The van der Waals surface area contributed by atoms with Gasteiger partial charge in [-0.05, 0) is 93.2 Å². The molecule has 1 saturated heterocycles. The second kappa shape index (κ2) is 7.74. The van der Waals surface area contributed by atoms with Gasteiger partial charge in [0, 0.05) is 47.7 Å². The number of hydrogen-bond acceptors (Lipinski definition) is 5. The number of likely N-dealkylation sites (tertiary alicyclic amines) is 1. The largest absolute Gasteiger partial charge is 0.486 e. The zero-order valence-electron chi connectivity index (χ0n) is 22.3. The third kappa shape index (κ3) is 2.86. The van der Waals surface area contributed by atoms with Crippen molar-refractivity contribution in [2.75, 3.05) is 32.5 Å². The van der Waals surface area contributed by atoms with Crippen LogP contribution >= 0.6 is 0 Å². The van der Waals surface area contributed by atoms with Crippen molar-refractivity contribution in [2.24, 2.45) is 17.3 Å². The molecule has 9 rings (SSSR count). The molecule has 4 saturated carbocycles. The maximum absolute atomic E-state index is 7.16. The molecular weight excluding hydrogens is 460 g/mol. The number of fused-ring (bicyclic) bond motifs is 2. The lowest BCUT2D eigenvalue weighted by Gasteiger charge is -2.74. The number of aryl methyl sites for hydroxylation is 1.